The van der Waals surface area contributed by atoms with Crippen molar-refractivity contribution in [1.82, 2.24) is 15.2 Å². The number of aliphatic hydroxyl groups excluding tert-OH is 1. The van der Waals surface area contributed by atoms with Crippen molar-refractivity contribution in [2.24, 2.45) is 0 Å². The topological polar surface area (TPSA) is 124 Å². The van der Waals surface area contributed by atoms with Gasteiger partial charge < -0.3 is 20.1 Å². The van der Waals surface area contributed by atoms with Crippen molar-refractivity contribution in [2.45, 2.75) is 30.3 Å². The lowest BCUT2D eigenvalue weighted by atomic mass is 10.1. The SMILES string of the molecule is COCCCCN1CCN(c2ccc(S(=O)(=O)Nc3ccc(CCNC[C@H](O)c4cccnc4)cc3)cc2)C1=O. The fourth-order valence-electron chi connectivity index (χ4n) is 4.50. The van der Waals surface area contributed by atoms with Crippen LogP contribution in [0, 0.1) is 0 Å². The van der Waals surface area contributed by atoms with E-state index in [9.17, 15) is 18.3 Å². The number of urea groups is 1. The zero-order valence-electron chi connectivity index (χ0n) is 22.7. The van der Waals surface area contributed by atoms with E-state index in [1.807, 2.05) is 23.1 Å². The predicted octanol–water partition coefficient (Wildman–Crippen LogP) is 3.42. The summed E-state index contributed by atoms with van der Waals surface area (Å²) in [5.74, 6) is 0. The van der Waals surface area contributed by atoms with Gasteiger partial charge in [0.1, 0.15) is 0 Å². The van der Waals surface area contributed by atoms with Gasteiger partial charge in [-0.3, -0.25) is 14.6 Å². The molecule has 214 valence electrons. The number of sulfonamides is 1. The number of aromatic nitrogens is 1. The molecule has 0 spiro atoms. The van der Waals surface area contributed by atoms with Gasteiger partial charge >= 0.3 is 6.03 Å². The molecule has 1 atom stereocenters. The Morgan fingerprint density at radius 2 is 1.82 bits per heavy atom. The molecule has 1 aliphatic heterocycles. The lowest BCUT2D eigenvalue weighted by Crippen LogP contribution is -2.32. The Balaban J connectivity index is 1.25. The fraction of sp³-hybridized carbons (Fsp3) is 0.379. The Morgan fingerprint density at radius 3 is 2.52 bits per heavy atom. The average Bonchev–Trinajstić information content (AvgIpc) is 3.34. The fourth-order valence-corrected chi connectivity index (χ4v) is 5.56. The van der Waals surface area contributed by atoms with Crippen molar-refractivity contribution in [3.8, 4) is 0 Å². The number of nitrogens with zero attached hydrogens (tertiary/aromatic N) is 3. The highest BCUT2D eigenvalue weighted by Crippen LogP contribution is 2.24. The number of benzene rings is 2. The van der Waals surface area contributed by atoms with Crippen LogP contribution in [0.5, 0.6) is 0 Å². The molecule has 0 aliphatic carbocycles. The molecule has 10 nitrogen and oxygen atoms in total. The first-order valence-corrected chi connectivity index (χ1v) is 14.9. The Bertz CT molecular complexity index is 1320. The summed E-state index contributed by atoms with van der Waals surface area (Å²) >= 11 is 0. The van der Waals surface area contributed by atoms with E-state index >= 15 is 0 Å². The minimum absolute atomic E-state index is 0.0638. The van der Waals surface area contributed by atoms with Crippen molar-refractivity contribution in [3.05, 3.63) is 84.2 Å². The van der Waals surface area contributed by atoms with Crippen LogP contribution in [0.2, 0.25) is 0 Å². The van der Waals surface area contributed by atoms with Crippen LogP contribution < -0.4 is 14.9 Å². The van der Waals surface area contributed by atoms with Crippen LogP contribution in [0.3, 0.4) is 0 Å². The van der Waals surface area contributed by atoms with E-state index in [1.165, 1.54) is 12.1 Å². The van der Waals surface area contributed by atoms with Gasteiger partial charge in [-0.15, -0.1) is 0 Å². The number of pyridine rings is 1. The van der Waals surface area contributed by atoms with E-state index in [2.05, 4.69) is 15.0 Å². The summed E-state index contributed by atoms with van der Waals surface area (Å²) in [5, 5.41) is 13.4. The standard InChI is InChI=1S/C29H37N5O5S/c1-39-20-3-2-17-33-18-19-34(29(33)36)26-10-12-27(13-11-26)40(37,38)32-25-8-6-23(7-9-25)14-16-31-22-28(35)24-5-4-15-30-21-24/h4-13,15,21,28,31-32,35H,2-3,14,16-20,22H2,1H3/t28-/m0/s1. The van der Waals surface area contributed by atoms with Gasteiger partial charge in [0.05, 0.1) is 11.0 Å². The van der Waals surface area contributed by atoms with E-state index in [0.717, 1.165) is 30.4 Å². The zero-order chi connectivity index (χ0) is 28.4. The van der Waals surface area contributed by atoms with Crippen molar-refractivity contribution < 1.29 is 23.1 Å². The maximum Gasteiger partial charge on any atom is 0.324 e. The molecule has 0 bridgehead atoms. The number of methoxy groups -OCH3 is 1. The number of anilines is 2. The smallest absolute Gasteiger partial charge is 0.324 e. The van der Waals surface area contributed by atoms with Crippen LogP contribution in [0.15, 0.2) is 78.0 Å². The third-order valence-corrected chi connectivity index (χ3v) is 8.18. The Hall–Kier alpha value is -3.51. The zero-order valence-corrected chi connectivity index (χ0v) is 23.5. The monoisotopic (exact) mass is 567 g/mol. The Kier molecular flexibility index (Phi) is 10.5. The van der Waals surface area contributed by atoms with Gasteiger partial charge in [0.25, 0.3) is 10.0 Å². The normalized spacial score (nSPS) is 14.5. The number of carbonyl (C=O) groups excluding carboxylic acids is 1. The second-order valence-electron chi connectivity index (χ2n) is 9.67. The molecule has 4 rings (SSSR count). The van der Waals surface area contributed by atoms with Gasteiger partial charge in [0, 0.05) is 69.2 Å². The molecule has 3 N–H and O–H groups in total. The van der Waals surface area contributed by atoms with Crippen LogP contribution in [-0.2, 0) is 21.2 Å². The van der Waals surface area contributed by atoms with E-state index in [-0.39, 0.29) is 10.9 Å². The summed E-state index contributed by atoms with van der Waals surface area (Å²) in [7, 11) is -2.12. The van der Waals surface area contributed by atoms with E-state index in [4.69, 9.17) is 4.74 Å². The molecule has 0 saturated carbocycles. The highest BCUT2D eigenvalue weighted by molar-refractivity contribution is 7.92. The number of amides is 2. The van der Waals surface area contributed by atoms with Gasteiger partial charge in [-0.1, -0.05) is 18.2 Å². The van der Waals surface area contributed by atoms with Crippen LogP contribution in [0.1, 0.15) is 30.1 Å². The molecule has 0 radical (unpaired) electrons. The van der Waals surface area contributed by atoms with E-state index < -0.39 is 16.1 Å². The molecule has 40 heavy (non-hydrogen) atoms. The van der Waals surface area contributed by atoms with E-state index in [1.54, 1.807) is 54.7 Å². The lowest BCUT2D eigenvalue weighted by Gasteiger charge is -2.19. The minimum Gasteiger partial charge on any atom is -0.387 e. The quantitative estimate of drug-likeness (QED) is 0.241. The molecule has 2 aromatic carbocycles. The number of aliphatic hydroxyl groups is 1. The molecule has 1 aliphatic rings. The van der Waals surface area contributed by atoms with Gasteiger partial charge in [0.2, 0.25) is 0 Å². The lowest BCUT2D eigenvalue weighted by molar-refractivity contribution is 0.174. The molecule has 1 saturated heterocycles. The number of unbranched alkanes of at least 4 members (excludes halogenated alkanes) is 1. The van der Waals surface area contributed by atoms with Crippen molar-refractivity contribution >= 4 is 27.4 Å². The third-order valence-electron chi connectivity index (χ3n) is 6.78. The second-order valence-corrected chi connectivity index (χ2v) is 11.4. The first-order chi connectivity index (χ1) is 19.4. The number of ether oxygens (including phenoxy) is 1. The van der Waals surface area contributed by atoms with Crippen molar-refractivity contribution in [1.29, 1.82) is 0 Å². The van der Waals surface area contributed by atoms with Crippen LogP contribution in [0.25, 0.3) is 0 Å². The molecule has 2 heterocycles. The molecule has 1 fully saturated rings. The summed E-state index contributed by atoms with van der Waals surface area (Å²) in [6.45, 7) is 3.66. The van der Waals surface area contributed by atoms with Crippen molar-refractivity contribution in [2.75, 3.05) is 56.1 Å². The molecule has 11 heteroatoms. The van der Waals surface area contributed by atoms with Gasteiger partial charge in [-0.05, 0) is 73.8 Å². The van der Waals surface area contributed by atoms with E-state index in [0.29, 0.717) is 50.7 Å². The van der Waals surface area contributed by atoms with Crippen LogP contribution in [0.4, 0.5) is 16.2 Å². The van der Waals surface area contributed by atoms with Crippen molar-refractivity contribution in [3.63, 3.8) is 0 Å². The number of nitrogens with one attached hydrogen (secondary N) is 2. The highest BCUT2D eigenvalue weighted by Gasteiger charge is 2.29. The number of hydrogen-bond donors (Lipinski definition) is 3. The molecule has 3 aromatic rings. The largest absolute Gasteiger partial charge is 0.387 e. The average molecular weight is 568 g/mol. The van der Waals surface area contributed by atoms with Gasteiger partial charge in [-0.2, -0.15) is 0 Å². The van der Waals surface area contributed by atoms with Gasteiger partial charge in [0.15, 0.2) is 0 Å². The molecule has 0 unspecified atom stereocenters. The van der Waals surface area contributed by atoms with Gasteiger partial charge in [-0.25, -0.2) is 13.2 Å². The maximum absolute atomic E-state index is 13.0. The van der Waals surface area contributed by atoms with Crippen LogP contribution >= 0.6 is 0 Å². The second kappa shape index (κ2) is 14.2. The minimum atomic E-state index is -3.79. The van der Waals surface area contributed by atoms with Crippen LogP contribution in [-0.4, -0.2) is 75.9 Å². The predicted molar refractivity (Wildman–Crippen MR) is 155 cm³/mol. The number of carbonyl (C=O) groups is 1. The summed E-state index contributed by atoms with van der Waals surface area (Å²) in [6.07, 6.45) is 5.20. The summed E-state index contributed by atoms with van der Waals surface area (Å²) in [4.78, 5) is 20.4. The number of rotatable bonds is 15. The summed E-state index contributed by atoms with van der Waals surface area (Å²) in [5.41, 5.74) is 2.95. The Labute approximate surface area is 236 Å². The maximum atomic E-state index is 13.0. The summed E-state index contributed by atoms with van der Waals surface area (Å²) in [6, 6.07) is 17.2. The molecule has 1 aromatic heterocycles. The summed E-state index contributed by atoms with van der Waals surface area (Å²) < 4.78 is 33.6. The molecule has 2 amide bonds. The first kappa shape index (κ1) is 29.5. The Morgan fingerprint density at radius 1 is 1.05 bits per heavy atom. The number of hydrogen-bond acceptors (Lipinski definition) is 7. The highest BCUT2D eigenvalue weighted by atomic mass is 32.2. The molecular formula is C29H37N5O5S. The molecular weight excluding hydrogens is 530 g/mol. The third kappa shape index (κ3) is 8.01. The first-order valence-electron chi connectivity index (χ1n) is 13.4.